The van der Waals surface area contributed by atoms with E-state index in [9.17, 15) is 4.79 Å². The van der Waals surface area contributed by atoms with Crippen LogP contribution in [0.25, 0.3) is 16.7 Å². The minimum absolute atomic E-state index is 0.326. The van der Waals surface area contributed by atoms with Crippen molar-refractivity contribution in [1.82, 2.24) is 0 Å². The number of methoxy groups -OCH3 is 2. The summed E-state index contributed by atoms with van der Waals surface area (Å²) >= 11 is 0. The molecule has 31 heavy (non-hydrogen) atoms. The molecular weight excluding hydrogens is 392 g/mol. The molecule has 2 heterocycles. The predicted molar refractivity (Wildman–Crippen MR) is 119 cm³/mol. The van der Waals surface area contributed by atoms with Crippen molar-refractivity contribution in [1.29, 1.82) is 0 Å². The van der Waals surface area contributed by atoms with Crippen LogP contribution >= 0.6 is 0 Å². The number of benzene rings is 3. The highest BCUT2D eigenvalue weighted by molar-refractivity contribution is 5.87. The summed E-state index contributed by atoms with van der Waals surface area (Å²) in [6, 6.07) is 22.7. The van der Waals surface area contributed by atoms with Gasteiger partial charge in [0.1, 0.15) is 28.6 Å². The Bertz CT molecular complexity index is 1330. The van der Waals surface area contributed by atoms with Gasteiger partial charge in [-0.05, 0) is 60.2 Å². The predicted octanol–water partition coefficient (Wildman–Crippen LogP) is 5.38. The molecule has 0 radical (unpaired) electrons. The fraction of sp³-hybridized carbons (Fsp3) is 0.115. The van der Waals surface area contributed by atoms with Gasteiger partial charge in [-0.1, -0.05) is 24.3 Å². The largest absolute Gasteiger partial charge is 0.497 e. The van der Waals surface area contributed by atoms with Crippen molar-refractivity contribution >= 4 is 16.7 Å². The van der Waals surface area contributed by atoms with Gasteiger partial charge in [0.15, 0.2) is 0 Å². The first-order valence-electron chi connectivity index (χ1n) is 9.91. The van der Waals surface area contributed by atoms with Crippen LogP contribution in [-0.2, 0) is 0 Å². The van der Waals surface area contributed by atoms with E-state index in [1.54, 1.807) is 20.3 Å². The van der Waals surface area contributed by atoms with Crippen LogP contribution < -0.4 is 19.8 Å². The van der Waals surface area contributed by atoms with Crippen molar-refractivity contribution in [2.45, 2.75) is 5.92 Å². The summed E-state index contributed by atoms with van der Waals surface area (Å²) in [5.74, 6) is 2.39. The van der Waals surface area contributed by atoms with Crippen LogP contribution in [0.3, 0.4) is 0 Å². The first kappa shape index (κ1) is 19.0. The third kappa shape index (κ3) is 3.34. The second kappa shape index (κ2) is 7.69. The van der Waals surface area contributed by atoms with E-state index in [-0.39, 0.29) is 5.92 Å². The second-order valence-corrected chi connectivity index (χ2v) is 7.24. The molecule has 0 bridgehead atoms. The van der Waals surface area contributed by atoms with Crippen LogP contribution in [0, 0.1) is 0 Å². The molecule has 4 aromatic rings. The van der Waals surface area contributed by atoms with Crippen LogP contribution in [0.15, 0.2) is 88.1 Å². The Morgan fingerprint density at radius 1 is 0.806 bits per heavy atom. The molecule has 0 aliphatic carbocycles. The molecule has 0 fully saturated rings. The van der Waals surface area contributed by atoms with Gasteiger partial charge in [-0.15, -0.1) is 0 Å². The van der Waals surface area contributed by atoms with Crippen LogP contribution in [0.2, 0.25) is 0 Å². The van der Waals surface area contributed by atoms with Gasteiger partial charge in [0.2, 0.25) is 0 Å². The summed E-state index contributed by atoms with van der Waals surface area (Å²) in [5, 5.41) is 0.759. The number of hydrogen-bond acceptors (Lipinski definition) is 5. The third-order valence-corrected chi connectivity index (χ3v) is 5.49. The molecular formula is C26H20O5. The Morgan fingerprint density at radius 3 is 2.13 bits per heavy atom. The first-order valence-corrected chi connectivity index (χ1v) is 9.91. The SMILES string of the molecule is COc1ccc(C2=CC(c3ccc(OC)cc3)c3c(c4ccccc4oc3=O)O2)cc1. The molecule has 0 amide bonds. The summed E-state index contributed by atoms with van der Waals surface area (Å²) in [7, 11) is 3.26. The molecule has 0 saturated heterocycles. The Labute approximate surface area is 179 Å². The lowest BCUT2D eigenvalue weighted by Crippen LogP contribution is -2.19. The first-order chi connectivity index (χ1) is 15.2. The third-order valence-electron chi connectivity index (χ3n) is 5.49. The molecule has 0 saturated carbocycles. The van der Waals surface area contributed by atoms with Crippen molar-refractivity contribution in [3.8, 4) is 17.2 Å². The minimum Gasteiger partial charge on any atom is -0.497 e. The van der Waals surface area contributed by atoms with Crippen molar-refractivity contribution in [3.63, 3.8) is 0 Å². The number of fused-ring (bicyclic) bond motifs is 3. The highest BCUT2D eigenvalue weighted by Crippen LogP contribution is 2.43. The average Bonchev–Trinajstić information content (AvgIpc) is 2.83. The lowest BCUT2D eigenvalue weighted by Gasteiger charge is -2.25. The highest BCUT2D eigenvalue weighted by Gasteiger charge is 2.30. The summed E-state index contributed by atoms with van der Waals surface area (Å²) in [6.07, 6.45) is 1.96. The van der Waals surface area contributed by atoms with Gasteiger partial charge in [-0.3, -0.25) is 0 Å². The second-order valence-electron chi connectivity index (χ2n) is 7.24. The lowest BCUT2D eigenvalue weighted by molar-refractivity contribution is 0.414. The zero-order valence-corrected chi connectivity index (χ0v) is 17.1. The van der Waals surface area contributed by atoms with E-state index in [0.29, 0.717) is 22.7 Å². The monoisotopic (exact) mass is 412 g/mol. The van der Waals surface area contributed by atoms with Gasteiger partial charge in [0.25, 0.3) is 0 Å². The molecule has 1 unspecified atom stereocenters. The van der Waals surface area contributed by atoms with Gasteiger partial charge in [-0.25, -0.2) is 4.79 Å². The summed E-state index contributed by atoms with van der Waals surface area (Å²) in [4.78, 5) is 13.0. The fourth-order valence-corrected chi connectivity index (χ4v) is 3.88. The van der Waals surface area contributed by atoms with Crippen molar-refractivity contribution in [2.24, 2.45) is 0 Å². The number of para-hydroxylation sites is 1. The van der Waals surface area contributed by atoms with E-state index in [2.05, 4.69) is 0 Å². The van der Waals surface area contributed by atoms with Crippen LogP contribution in [-0.4, -0.2) is 14.2 Å². The van der Waals surface area contributed by atoms with Crippen molar-refractivity contribution < 1.29 is 18.6 Å². The lowest BCUT2D eigenvalue weighted by atomic mass is 9.88. The summed E-state index contributed by atoms with van der Waals surface area (Å²) in [6.45, 7) is 0. The average molecular weight is 412 g/mol. The van der Waals surface area contributed by atoms with Crippen LogP contribution in [0.4, 0.5) is 0 Å². The molecule has 154 valence electrons. The molecule has 5 nitrogen and oxygen atoms in total. The van der Waals surface area contributed by atoms with E-state index >= 15 is 0 Å². The number of allylic oxidation sites excluding steroid dienone is 1. The van der Waals surface area contributed by atoms with Crippen molar-refractivity contribution in [3.05, 3.63) is 106 Å². The molecule has 0 N–H and O–H groups in total. The normalized spacial score (nSPS) is 15.0. The highest BCUT2D eigenvalue weighted by atomic mass is 16.5. The molecule has 1 aliphatic rings. The zero-order chi connectivity index (χ0) is 21.4. The molecule has 1 aromatic heterocycles. The fourth-order valence-electron chi connectivity index (χ4n) is 3.88. The molecule has 1 aliphatic heterocycles. The standard InChI is InChI=1S/C26H20O5/c1-28-18-11-7-16(8-12-18)21-15-23(17-9-13-19(29-2)14-10-17)30-25-20-5-3-4-6-22(20)31-26(27)24(21)25/h3-15,21H,1-2H3. The smallest absolute Gasteiger partial charge is 0.344 e. The van der Waals surface area contributed by atoms with E-state index in [1.165, 1.54) is 0 Å². The zero-order valence-electron chi connectivity index (χ0n) is 17.1. The molecule has 0 spiro atoms. The maximum absolute atomic E-state index is 13.0. The Balaban J connectivity index is 1.72. The van der Waals surface area contributed by atoms with E-state index in [0.717, 1.165) is 28.0 Å². The molecule has 5 rings (SSSR count). The molecule has 5 heteroatoms. The number of hydrogen-bond donors (Lipinski definition) is 0. The number of rotatable bonds is 4. The van der Waals surface area contributed by atoms with Crippen molar-refractivity contribution in [2.75, 3.05) is 14.2 Å². The van der Waals surface area contributed by atoms with Crippen LogP contribution in [0.1, 0.15) is 22.6 Å². The minimum atomic E-state index is -0.403. The Morgan fingerprint density at radius 2 is 1.45 bits per heavy atom. The topological polar surface area (TPSA) is 57.9 Å². The number of ether oxygens (including phenoxy) is 3. The Kier molecular flexibility index (Phi) is 4.71. The summed E-state index contributed by atoms with van der Waals surface area (Å²) in [5.41, 5.74) is 2.41. The van der Waals surface area contributed by atoms with Gasteiger partial charge in [0, 0.05) is 11.5 Å². The maximum Gasteiger partial charge on any atom is 0.344 e. The Hall–Kier alpha value is -3.99. The van der Waals surface area contributed by atoms with E-state index in [4.69, 9.17) is 18.6 Å². The van der Waals surface area contributed by atoms with Gasteiger partial charge < -0.3 is 18.6 Å². The maximum atomic E-state index is 13.0. The quantitative estimate of drug-likeness (QED) is 0.422. The van der Waals surface area contributed by atoms with E-state index < -0.39 is 5.63 Å². The van der Waals surface area contributed by atoms with E-state index in [1.807, 2.05) is 72.8 Å². The van der Waals surface area contributed by atoms with Gasteiger partial charge >= 0.3 is 5.63 Å². The van der Waals surface area contributed by atoms with Gasteiger partial charge in [-0.2, -0.15) is 0 Å². The molecule has 3 aromatic carbocycles. The van der Waals surface area contributed by atoms with Gasteiger partial charge in [0.05, 0.1) is 25.2 Å². The summed E-state index contributed by atoms with van der Waals surface area (Å²) < 4.78 is 22.5. The van der Waals surface area contributed by atoms with Crippen LogP contribution in [0.5, 0.6) is 17.2 Å². The molecule has 1 atom stereocenters.